The summed E-state index contributed by atoms with van der Waals surface area (Å²) in [5.74, 6) is 0. The third kappa shape index (κ3) is 2.28. The van der Waals surface area contributed by atoms with Gasteiger partial charge in [0.15, 0.2) is 0 Å². The summed E-state index contributed by atoms with van der Waals surface area (Å²) >= 11 is 0. The summed E-state index contributed by atoms with van der Waals surface area (Å²) in [6.45, 7) is 7.71. The molecule has 0 saturated carbocycles. The van der Waals surface area contributed by atoms with Gasteiger partial charge < -0.3 is 5.11 Å². The molecule has 2 heteroatoms. The van der Waals surface area contributed by atoms with Crippen molar-refractivity contribution in [2.24, 2.45) is 0 Å². The molecule has 0 aliphatic rings. The summed E-state index contributed by atoms with van der Waals surface area (Å²) < 4.78 is 0. The molecule has 8 heavy (non-hydrogen) atoms. The Morgan fingerprint density at radius 3 is 1.75 bits per heavy atom. The molecule has 2 nitrogen and oxygen atoms in total. The highest BCUT2D eigenvalue weighted by atomic mass is 16.3. The van der Waals surface area contributed by atoms with Crippen LogP contribution in [-0.2, 0) is 0 Å². The van der Waals surface area contributed by atoms with Gasteiger partial charge >= 0.3 is 0 Å². The van der Waals surface area contributed by atoms with Gasteiger partial charge in [0.1, 0.15) is 13.1 Å². The van der Waals surface area contributed by atoms with Crippen molar-refractivity contribution in [2.75, 3.05) is 13.1 Å². The van der Waals surface area contributed by atoms with Crippen molar-refractivity contribution in [3.63, 3.8) is 0 Å². The second kappa shape index (κ2) is 3.87. The lowest BCUT2D eigenvalue weighted by Crippen LogP contribution is -2.38. The number of hydrogen-bond acceptors (Lipinski definition) is 2. The van der Waals surface area contributed by atoms with Gasteiger partial charge in [-0.2, -0.15) is 0 Å². The second-order valence-corrected chi connectivity index (χ2v) is 1.85. The topological polar surface area (TPSA) is 26.1 Å². The van der Waals surface area contributed by atoms with Gasteiger partial charge in [0.25, 0.3) is 0 Å². The van der Waals surface area contributed by atoms with Crippen LogP contribution in [0.1, 0.15) is 20.8 Å². The molecule has 1 N–H and O–H groups in total. The van der Waals surface area contributed by atoms with Crippen LogP contribution in [0.3, 0.4) is 0 Å². The average molecular weight is 117 g/mol. The van der Waals surface area contributed by atoms with Crippen molar-refractivity contribution in [1.29, 1.82) is 0 Å². The average Bonchev–Trinajstić information content (AvgIpc) is 1.69. The van der Waals surface area contributed by atoms with Crippen LogP contribution >= 0.6 is 0 Å². The minimum atomic E-state index is -0.287. The zero-order valence-corrected chi connectivity index (χ0v) is 5.89. The van der Waals surface area contributed by atoms with Crippen molar-refractivity contribution < 1.29 is 5.11 Å². The third-order valence-electron chi connectivity index (χ3n) is 1.34. The van der Waals surface area contributed by atoms with Gasteiger partial charge in [-0.25, -0.2) is 0 Å². The van der Waals surface area contributed by atoms with Crippen LogP contribution in [0.5, 0.6) is 0 Å². The van der Waals surface area contributed by atoms with Gasteiger partial charge in [-0.3, -0.25) is 0 Å². The van der Waals surface area contributed by atoms with E-state index >= 15 is 0 Å². The first kappa shape index (κ1) is 7.92. The van der Waals surface area contributed by atoms with E-state index in [1.165, 1.54) is 0 Å². The van der Waals surface area contributed by atoms with Gasteiger partial charge in [-0.15, -0.1) is 4.90 Å². The van der Waals surface area contributed by atoms with Crippen LogP contribution in [0, 0.1) is 0 Å². The molecule has 0 amide bonds. The van der Waals surface area contributed by atoms with Gasteiger partial charge in [0.05, 0.1) is 0 Å². The summed E-state index contributed by atoms with van der Waals surface area (Å²) in [5, 5.41) is 8.94. The van der Waals surface area contributed by atoms with Crippen LogP contribution < -0.4 is 4.90 Å². The largest absolute Gasteiger partial charge is 0.341 e. The predicted molar refractivity (Wildman–Crippen MR) is 34.9 cm³/mol. The highest BCUT2D eigenvalue weighted by Crippen LogP contribution is 1.86. The van der Waals surface area contributed by atoms with E-state index in [1.54, 1.807) is 6.92 Å². The van der Waals surface area contributed by atoms with Crippen molar-refractivity contribution >= 4 is 0 Å². The normalized spacial score (nSPS) is 14.6. The standard InChI is InChI=1S/C6H15NO/c1-4-7(5-2)6(3)8/h6,8H,4-5H2,1-3H3/q+1. The maximum atomic E-state index is 8.94. The van der Waals surface area contributed by atoms with Gasteiger partial charge in [-0.05, 0) is 13.8 Å². The van der Waals surface area contributed by atoms with E-state index in [-0.39, 0.29) is 6.23 Å². The number of aliphatic hydroxyl groups excluding tert-OH is 1. The Bertz CT molecular complexity index is 50.5. The molecular weight excluding hydrogens is 102 g/mol. The molecule has 1 unspecified atom stereocenters. The van der Waals surface area contributed by atoms with E-state index < -0.39 is 0 Å². The highest BCUT2D eigenvalue weighted by Gasteiger charge is 2.13. The molecule has 0 aliphatic heterocycles. The molecule has 0 aromatic rings. The summed E-state index contributed by atoms with van der Waals surface area (Å²) in [4.78, 5) is 1.97. The van der Waals surface area contributed by atoms with E-state index in [2.05, 4.69) is 0 Å². The SMILES string of the molecule is CC[N+](CC)C(C)O. The number of hydrogen-bond donors (Lipinski definition) is 1. The molecule has 0 fully saturated rings. The van der Waals surface area contributed by atoms with Crippen molar-refractivity contribution in [2.45, 2.75) is 27.0 Å². The lowest BCUT2D eigenvalue weighted by molar-refractivity contribution is 0.0904. The molecule has 0 bridgehead atoms. The molecule has 1 atom stereocenters. The summed E-state index contributed by atoms with van der Waals surface area (Å²) in [6.07, 6.45) is -0.287. The minimum Gasteiger partial charge on any atom is -0.341 e. The fourth-order valence-electron chi connectivity index (χ4n) is 0.752. The van der Waals surface area contributed by atoms with Gasteiger partial charge in [-0.1, -0.05) is 0 Å². The van der Waals surface area contributed by atoms with E-state index in [0.29, 0.717) is 0 Å². The monoisotopic (exact) mass is 117 g/mol. The zero-order chi connectivity index (χ0) is 6.57. The number of rotatable bonds is 3. The van der Waals surface area contributed by atoms with Crippen molar-refractivity contribution in [1.82, 2.24) is 4.90 Å². The van der Waals surface area contributed by atoms with Crippen LogP contribution in [0.15, 0.2) is 0 Å². The second-order valence-electron chi connectivity index (χ2n) is 1.85. The van der Waals surface area contributed by atoms with Crippen molar-refractivity contribution in [3.05, 3.63) is 0 Å². The van der Waals surface area contributed by atoms with Gasteiger partial charge in [0, 0.05) is 6.92 Å². The molecule has 0 aromatic heterocycles. The molecule has 1 radical (unpaired) electrons. The first-order chi connectivity index (χ1) is 3.72. The quantitative estimate of drug-likeness (QED) is 0.423. The lowest BCUT2D eigenvalue weighted by Gasteiger charge is -2.09. The molecule has 49 valence electrons. The van der Waals surface area contributed by atoms with Gasteiger partial charge in [0.2, 0.25) is 6.23 Å². The first-order valence-electron chi connectivity index (χ1n) is 3.14. The molecule has 0 rings (SSSR count). The molecular formula is C6H15NO+. The Labute approximate surface area is 51.1 Å². The first-order valence-corrected chi connectivity index (χ1v) is 3.14. The zero-order valence-electron chi connectivity index (χ0n) is 5.89. The van der Waals surface area contributed by atoms with E-state index in [9.17, 15) is 0 Å². The van der Waals surface area contributed by atoms with Crippen molar-refractivity contribution in [3.8, 4) is 0 Å². The van der Waals surface area contributed by atoms with E-state index in [4.69, 9.17) is 5.11 Å². The molecule has 0 aliphatic carbocycles. The van der Waals surface area contributed by atoms with Crippen LogP contribution in [0.4, 0.5) is 0 Å². The lowest BCUT2D eigenvalue weighted by atomic mass is 10.5. The Kier molecular flexibility index (Phi) is 3.83. The van der Waals surface area contributed by atoms with E-state index in [1.807, 2.05) is 18.7 Å². The minimum absolute atomic E-state index is 0.287. The number of aliphatic hydroxyl groups is 1. The molecule has 0 aromatic carbocycles. The number of nitrogens with zero attached hydrogens (tertiary/aromatic N) is 1. The highest BCUT2D eigenvalue weighted by molar-refractivity contribution is 4.57. The fourth-order valence-corrected chi connectivity index (χ4v) is 0.752. The summed E-state index contributed by atoms with van der Waals surface area (Å²) in [6, 6.07) is 0. The summed E-state index contributed by atoms with van der Waals surface area (Å²) in [5.41, 5.74) is 0. The third-order valence-corrected chi connectivity index (χ3v) is 1.34. The smallest absolute Gasteiger partial charge is 0.231 e. The predicted octanol–water partition coefficient (Wildman–Crippen LogP) is 0.505. The Hall–Kier alpha value is -0.0800. The Morgan fingerprint density at radius 1 is 1.38 bits per heavy atom. The van der Waals surface area contributed by atoms with Crippen LogP contribution in [-0.4, -0.2) is 24.4 Å². The van der Waals surface area contributed by atoms with E-state index in [0.717, 1.165) is 13.1 Å². The Balaban J connectivity index is 3.35. The van der Waals surface area contributed by atoms with Crippen LogP contribution in [0.2, 0.25) is 0 Å². The molecule has 0 spiro atoms. The van der Waals surface area contributed by atoms with Crippen LogP contribution in [0.25, 0.3) is 0 Å². The maximum Gasteiger partial charge on any atom is 0.231 e. The Morgan fingerprint density at radius 2 is 1.75 bits per heavy atom. The fraction of sp³-hybridized carbons (Fsp3) is 1.00. The summed E-state index contributed by atoms with van der Waals surface area (Å²) in [7, 11) is 0. The molecule has 0 saturated heterocycles. The molecule has 0 heterocycles. The maximum absolute atomic E-state index is 8.94.